The summed E-state index contributed by atoms with van der Waals surface area (Å²) in [7, 11) is 1.38. The summed E-state index contributed by atoms with van der Waals surface area (Å²) in [6.45, 7) is 8.19. The highest BCUT2D eigenvalue weighted by Crippen LogP contribution is 1.88. The molecule has 0 amide bonds. The Kier molecular flexibility index (Phi) is 14.2. The highest BCUT2D eigenvalue weighted by molar-refractivity contribution is 5.74. The Balaban J connectivity index is 3.11. The molecule has 0 rings (SSSR count). The van der Waals surface area contributed by atoms with Crippen molar-refractivity contribution in [1.82, 2.24) is 5.32 Å². The van der Waals surface area contributed by atoms with Gasteiger partial charge in [-0.1, -0.05) is 13.3 Å². The number of hydrogen-bond donors (Lipinski definition) is 1. The minimum Gasteiger partial charge on any atom is -0.468 e. The molecule has 6 heteroatoms. The molecule has 0 aliphatic carbocycles. The number of carbonyl (C=O) groups is 1. The third kappa shape index (κ3) is 12.3. The Morgan fingerprint density at radius 1 is 1.00 bits per heavy atom. The number of rotatable bonds is 14. The van der Waals surface area contributed by atoms with E-state index in [1.54, 1.807) is 6.92 Å². The van der Waals surface area contributed by atoms with E-state index in [1.165, 1.54) is 7.11 Å². The van der Waals surface area contributed by atoms with Crippen molar-refractivity contribution in [2.75, 3.05) is 53.3 Å². The van der Waals surface area contributed by atoms with Crippen molar-refractivity contribution in [1.29, 1.82) is 0 Å². The first kappa shape index (κ1) is 19.3. The first-order chi connectivity index (χ1) is 9.72. The monoisotopic (exact) mass is 291 g/mol. The van der Waals surface area contributed by atoms with Gasteiger partial charge in [0.2, 0.25) is 0 Å². The van der Waals surface area contributed by atoms with Crippen molar-refractivity contribution in [3.8, 4) is 0 Å². The van der Waals surface area contributed by atoms with E-state index >= 15 is 0 Å². The lowest BCUT2D eigenvalue weighted by molar-refractivity contribution is -0.142. The number of nitrogens with one attached hydrogen (secondary N) is 1. The van der Waals surface area contributed by atoms with E-state index in [4.69, 9.17) is 14.2 Å². The van der Waals surface area contributed by atoms with Crippen LogP contribution in [0.2, 0.25) is 0 Å². The molecule has 0 aromatic heterocycles. The van der Waals surface area contributed by atoms with Crippen molar-refractivity contribution in [2.45, 2.75) is 32.7 Å². The van der Waals surface area contributed by atoms with Gasteiger partial charge < -0.3 is 24.3 Å². The number of methoxy groups -OCH3 is 1. The Labute approximate surface area is 122 Å². The predicted molar refractivity (Wildman–Crippen MR) is 76.8 cm³/mol. The summed E-state index contributed by atoms with van der Waals surface area (Å²) in [5.41, 5.74) is 0. The van der Waals surface area contributed by atoms with Gasteiger partial charge in [0.15, 0.2) is 0 Å². The Bertz CT molecular complexity index is 226. The Hall–Kier alpha value is -0.690. The molecule has 0 aliphatic heterocycles. The molecule has 0 spiro atoms. The fourth-order valence-electron chi connectivity index (χ4n) is 1.40. The third-order valence-electron chi connectivity index (χ3n) is 2.64. The quantitative estimate of drug-likeness (QED) is 0.380. The van der Waals surface area contributed by atoms with E-state index in [-0.39, 0.29) is 12.0 Å². The second-order valence-electron chi connectivity index (χ2n) is 4.39. The fourth-order valence-corrected chi connectivity index (χ4v) is 1.40. The van der Waals surface area contributed by atoms with Gasteiger partial charge in [-0.3, -0.25) is 4.79 Å². The van der Waals surface area contributed by atoms with Crippen LogP contribution >= 0.6 is 0 Å². The number of hydrogen-bond acceptors (Lipinski definition) is 6. The van der Waals surface area contributed by atoms with Crippen molar-refractivity contribution in [2.24, 2.45) is 0 Å². The lowest BCUT2D eigenvalue weighted by Gasteiger charge is -2.11. The fraction of sp³-hybridized carbons (Fsp3) is 0.929. The lowest BCUT2D eigenvalue weighted by Crippen LogP contribution is -2.36. The zero-order valence-electron chi connectivity index (χ0n) is 13.0. The van der Waals surface area contributed by atoms with Gasteiger partial charge in [0, 0.05) is 13.2 Å². The van der Waals surface area contributed by atoms with Crippen molar-refractivity contribution >= 4 is 5.97 Å². The molecule has 0 radical (unpaired) electrons. The summed E-state index contributed by atoms with van der Waals surface area (Å²) < 4.78 is 20.7. The number of ether oxygens (including phenoxy) is 4. The number of esters is 1. The van der Waals surface area contributed by atoms with Gasteiger partial charge in [-0.05, 0) is 13.3 Å². The SMILES string of the molecule is CCCCOCCOCCOCCNC(C)C(=O)OC. The van der Waals surface area contributed by atoms with Crippen LogP contribution in [0.5, 0.6) is 0 Å². The molecule has 0 saturated heterocycles. The Morgan fingerprint density at radius 2 is 1.55 bits per heavy atom. The second kappa shape index (κ2) is 14.7. The van der Waals surface area contributed by atoms with E-state index in [0.717, 1.165) is 19.4 Å². The van der Waals surface area contributed by atoms with Crippen LogP contribution in [0.1, 0.15) is 26.7 Å². The van der Waals surface area contributed by atoms with Crippen LogP contribution in [0.15, 0.2) is 0 Å². The second-order valence-corrected chi connectivity index (χ2v) is 4.39. The van der Waals surface area contributed by atoms with E-state index < -0.39 is 0 Å². The maximum atomic E-state index is 11.1. The summed E-state index contributed by atoms with van der Waals surface area (Å²) in [6.07, 6.45) is 2.25. The summed E-state index contributed by atoms with van der Waals surface area (Å²) in [5, 5.41) is 3.00. The van der Waals surface area contributed by atoms with Crippen LogP contribution in [-0.2, 0) is 23.7 Å². The van der Waals surface area contributed by atoms with Gasteiger partial charge in [-0.2, -0.15) is 0 Å². The molecule has 120 valence electrons. The van der Waals surface area contributed by atoms with Gasteiger partial charge in [0.05, 0.1) is 40.1 Å². The molecule has 0 bridgehead atoms. The van der Waals surface area contributed by atoms with Gasteiger partial charge in [0.25, 0.3) is 0 Å². The maximum absolute atomic E-state index is 11.1. The smallest absolute Gasteiger partial charge is 0.322 e. The Morgan fingerprint density at radius 3 is 2.10 bits per heavy atom. The first-order valence-corrected chi connectivity index (χ1v) is 7.26. The molecular weight excluding hydrogens is 262 g/mol. The topological polar surface area (TPSA) is 66.0 Å². The van der Waals surface area contributed by atoms with E-state index in [0.29, 0.717) is 39.6 Å². The van der Waals surface area contributed by atoms with Gasteiger partial charge >= 0.3 is 5.97 Å². The predicted octanol–water partition coefficient (Wildman–Crippen LogP) is 0.987. The van der Waals surface area contributed by atoms with E-state index in [1.807, 2.05) is 0 Å². The molecule has 1 atom stereocenters. The van der Waals surface area contributed by atoms with Crippen LogP contribution in [0.4, 0.5) is 0 Å². The van der Waals surface area contributed by atoms with Crippen LogP contribution in [0.25, 0.3) is 0 Å². The van der Waals surface area contributed by atoms with Crippen LogP contribution in [0.3, 0.4) is 0 Å². The number of carbonyl (C=O) groups excluding carboxylic acids is 1. The van der Waals surface area contributed by atoms with Crippen molar-refractivity contribution < 1.29 is 23.7 Å². The molecule has 0 saturated carbocycles. The summed E-state index contributed by atoms with van der Waals surface area (Å²) >= 11 is 0. The lowest BCUT2D eigenvalue weighted by atomic mass is 10.3. The van der Waals surface area contributed by atoms with E-state index in [2.05, 4.69) is 17.0 Å². The highest BCUT2D eigenvalue weighted by atomic mass is 16.5. The summed E-state index contributed by atoms with van der Waals surface area (Å²) in [6, 6.07) is -0.305. The van der Waals surface area contributed by atoms with Gasteiger partial charge in [-0.15, -0.1) is 0 Å². The van der Waals surface area contributed by atoms with Gasteiger partial charge in [0.1, 0.15) is 6.04 Å². The molecule has 0 aromatic rings. The molecular formula is C14H29NO5. The zero-order valence-corrected chi connectivity index (χ0v) is 13.0. The average Bonchev–Trinajstić information content (AvgIpc) is 2.47. The highest BCUT2D eigenvalue weighted by Gasteiger charge is 2.10. The first-order valence-electron chi connectivity index (χ1n) is 7.26. The third-order valence-corrected chi connectivity index (χ3v) is 2.64. The summed E-state index contributed by atoms with van der Waals surface area (Å²) in [4.78, 5) is 11.1. The maximum Gasteiger partial charge on any atom is 0.322 e. The molecule has 0 aromatic carbocycles. The van der Waals surface area contributed by atoms with E-state index in [9.17, 15) is 4.79 Å². The molecule has 1 N–H and O–H groups in total. The summed E-state index contributed by atoms with van der Waals surface area (Å²) in [5.74, 6) is -0.267. The van der Waals surface area contributed by atoms with Crippen LogP contribution in [0, 0.1) is 0 Å². The van der Waals surface area contributed by atoms with Crippen molar-refractivity contribution in [3.63, 3.8) is 0 Å². The largest absolute Gasteiger partial charge is 0.468 e. The van der Waals surface area contributed by atoms with Crippen LogP contribution in [-0.4, -0.2) is 65.3 Å². The molecule has 0 fully saturated rings. The molecule has 0 aliphatic rings. The molecule has 1 unspecified atom stereocenters. The standard InChI is InChI=1S/C14H29NO5/c1-4-5-7-18-9-11-20-12-10-19-8-6-15-13(2)14(16)17-3/h13,15H,4-12H2,1-3H3. The minimum absolute atomic E-state index is 0.267. The van der Waals surface area contributed by atoms with Gasteiger partial charge in [-0.25, -0.2) is 0 Å². The van der Waals surface area contributed by atoms with Crippen molar-refractivity contribution in [3.05, 3.63) is 0 Å². The normalized spacial score (nSPS) is 12.3. The minimum atomic E-state index is -0.305. The molecule has 20 heavy (non-hydrogen) atoms. The molecule has 0 heterocycles. The zero-order chi connectivity index (χ0) is 15.1. The molecule has 6 nitrogen and oxygen atoms in total. The van der Waals surface area contributed by atoms with Crippen LogP contribution < -0.4 is 5.32 Å². The average molecular weight is 291 g/mol. The number of unbranched alkanes of at least 4 members (excludes halogenated alkanes) is 1.